The van der Waals surface area contributed by atoms with Crippen LogP contribution in [0.5, 0.6) is 0 Å². The van der Waals surface area contributed by atoms with Crippen LogP contribution in [0.2, 0.25) is 0 Å². The van der Waals surface area contributed by atoms with Crippen molar-refractivity contribution < 1.29 is 19.5 Å². The summed E-state index contributed by atoms with van der Waals surface area (Å²) >= 11 is 0. The van der Waals surface area contributed by atoms with Gasteiger partial charge in [-0.15, -0.1) is 0 Å². The van der Waals surface area contributed by atoms with Gasteiger partial charge in [0.2, 0.25) is 5.91 Å². The number of nitrogens with one attached hydrogen (secondary N) is 2. The van der Waals surface area contributed by atoms with Gasteiger partial charge in [-0.25, -0.2) is 4.79 Å². The topological polar surface area (TPSA) is 102 Å². The minimum Gasteiger partial charge on any atom is -0.480 e. The summed E-state index contributed by atoms with van der Waals surface area (Å²) in [6.45, 7) is 3.29. The molecule has 0 radical (unpaired) electrons. The molecule has 3 N–H and O–H groups in total. The summed E-state index contributed by atoms with van der Waals surface area (Å²) in [6, 6.07) is 0.0560. The highest BCUT2D eigenvalue weighted by Gasteiger charge is 2.39. The number of likely N-dealkylation sites (N-methyl/N-ethyl adjacent to an activating group) is 1. The predicted octanol–water partition coefficient (Wildman–Crippen LogP) is 0.377. The Hall–Kier alpha value is -1.83. The fourth-order valence-electron chi connectivity index (χ4n) is 3.74. The van der Waals surface area contributed by atoms with E-state index in [2.05, 4.69) is 10.6 Å². The molecular formula is C17H28N4O4. The van der Waals surface area contributed by atoms with Crippen molar-refractivity contribution in [2.75, 3.05) is 19.6 Å². The molecule has 2 aliphatic carbocycles. The maximum Gasteiger partial charge on any atom is 0.318 e. The van der Waals surface area contributed by atoms with Crippen molar-refractivity contribution in [3.63, 3.8) is 0 Å². The van der Waals surface area contributed by atoms with Gasteiger partial charge in [0.1, 0.15) is 6.04 Å². The van der Waals surface area contributed by atoms with Gasteiger partial charge in [-0.1, -0.05) is 6.92 Å². The number of rotatable bonds is 7. The zero-order valence-corrected chi connectivity index (χ0v) is 14.7. The first-order valence-electron chi connectivity index (χ1n) is 9.31. The first-order chi connectivity index (χ1) is 12.0. The highest BCUT2D eigenvalue weighted by atomic mass is 16.4. The maximum absolute atomic E-state index is 12.5. The Morgan fingerprint density at radius 1 is 1.12 bits per heavy atom. The van der Waals surface area contributed by atoms with Gasteiger partial charge < -0.3 is 20.6 Å². The van der Waals surface area contributed by atoms with Crippen LogP contribution in [0.3, 0.4) is 0 Å². The molecule has 3 aliphatic rings. The van der Waals surface area contributed by atoms with Gasteiger partial charge in [0.15, 0.2) is 0 Å². The molecule has 140 valence electrons. The molecule has 8 nitrogen and oxygen atoms in total. The van der Waals surface area contributed by atoms with Gasteiger partial charge in [-0.3, -0.25) is 14.5 Å². The summed E-state index contributed by atoms with van der Waals surface area (Å²) in [5, 5.41) is 14.9. The fourth-order valence-corrected chi connectivity index (χ4v) is 3.74. The van der Waals surface area contributed by atoms with Crippen LogP contribution in [0, 0.1) is 0 Å². The van der Waals surface area contributed by atoms with Crippen LogP contribution in [-0.2, 0) is 9.59 Å². The average Bonchev–Trinajstić information content (AvgIpc) is 3.19. The van der Waals surface area contributed by atoms with Crippen molar-refractivity contribution in [2.24, 2.45) is 0 Å². The zero-order chi connectivity index (χ0) is 18.0. The van der Waals surface area contributed by atoms with E-state index in [1.807, 2.05) is 11.8 Å². The van der Waals surface area contributed by atoms with Gasteiger partial charge >= 0.3 is 12.0 Å². The second kappa shape index (κ2) is 7.59. The predicted molar refractivity (Wildman–Crippen MR) is 91.1 cm³/mol. The molecule has 0 aromatic heterocycles. The molecule has 3 rings (SSSR count). The van der Waals surface area contributed by atoms with Gasteiger partial charge in [0.25, 0.3) is 0 Å². The van der Waals surface area contributed by atoms with Gasteiger partial charge in [0, 0.05) is 24.7 Å². The minimum atomic E-state index is -0.823. The SMILES string of the molecule is CCN(CC(=O)O)C1CC(NC(=O)N2CCCC2C(=O)NC2CC2)C1. The Morgan fingerprint density at radius 3 is 2.44 bits per heavy atom. The number of carboxylic acid groups (broad SMARTS) is 1. The van der Waals surface area contributed by atoms with Crippen LogP contribution in [-0.4, -0.2) is 76.6 Å². The lowest BCUT2D eigenvalue weighted by Crippen LogP contribution is -2.58. The smallest absolute Gasteiger partial charge is 0.318 e. The number of carboxylic acids is 1. The second-order valence-corrected chi connectivity index (χ2v) is 7.36. The zero-order valence-electron chi connectivity index (χ0n) is 14.7. The number of urea groups is 1. The minimum absolute atomic E-state index is 0.0275. The van der Waals surface area contributed by atoms with E-state index in [1.165, 1.54) is 0 Å². The van der Waals surface area contributed by atoms with E-state index in [9.17, 15) is 14.4 Å². The molecule has 0 spiro atoms. The summed E-state index contributed by atoms with van der Waals surface area (Å²) in [7, 11) is 0. The lowest BCUT2D eigenvalue weighted by molar-refractivity contribution is -0.139. The van der Waals surface area contributed by atoms with Crippen molar-refractivity contribution >= 4 is 17.9 Å². The molecule has 8 heteroatoms. The lowest BCUT2D eigenvalue weighted by Gasteiger charge is -2.42. The Kier molecular flexibility index (Phi) is 5.46. The molecule has 1 saturated heterocycles. The number of hydrogen-bond acceptors (Lipinski definition) is 4. The van der Waals surface area contributed by atoms with Crippen molar-refractivity contribution in [2.45, 2.75) is 69.6 Å². The van der Waals surface area contributed by atoms with E-state index in [1.54, 1.807) is 4.90 Å². The van der Waals surface area contributed by atoms with Crippen LogP contribution in [0.4, 0.5) is 4.79 Å². The third kappa shape index (κ3) is 4.42. The molecule has 1 aliphatic heterocycles. The summed E-state index contributed by atoms with van der Waals surface area (Å²) in [4.78, 5) is 39.2. The number of aliphatic carboxylic acids is 1. The number of carbonyl (C=O) groups is 3. The Balaban J connectivity index is 1.44. The molecule has 3 amide bonds. The molecule has 3 fully saturated rings. The third-order valence-corrected chi connectivity index (χ3v) is 5.44. The Morgan fingerprint density at radius 2 is 1.84 bits per heavy atom. The van der Waals surface area contributed by atoms with Crippen molar-refractivity contribution in [1.29, 1.82) is 0 Å². The van der Waals surface area contributed by atoms with E-state index >= 15 is 0 Å². The first kappa shape index (κ1) is 18.0. The summed E-state index contributed by atoms with van der Waals surface area (Å²) in [5.41, 5.74) is 0. The molecule has 0 aromatic rings. The van der Waals surface area contributed by atoms with Crippen molar-refractivity contribution in [3.05, 3.63) is 0 Å². The molecular weight excluding hydrogens is 324 g/mol. The lowest BCUT2D eigenvalue weighted by atomic mass is 9.85. The largest absolute Gasteiger partial charge is 0.480 e. The molecule has 0 aromatic carbocycles. The number of amides is 3. The second-order valence-electron chi connectivity index (χ2n) is 7.36. The van der Waals surface area contributed by atoms with Crippen LogP contribution < -0.4 is 10.6 Å². The molecule has 1 atom stereocenters. The standard InChI is InChI=1S/C17H28N4O4/c1-2-20(10-15(22)23)13-8-12(9-13)19-17(25)21-7-3-4-14(21)16(24)18-11-5-6-11/h11-14H,2-10H2,1H3,(H,18,24)(H,19,25)(H,22,23). The molecule has 1 unspecified atom stereocenters. The van der Waals surface area contributed by atoms with Gasteiger partial charge in [-0.2, -0.15) is 0 Å². The maximum atomic E-state index is 12.5. The first-order valence-corrected chi connectivity index (χ1v) is 9.31. The summed E-state index contributed by atoms with van der Waals surface area (Å²) in [6.07, 6.45) is 5.18. The van der Waals surface area contributed by atoms with E-state index < -0.39 is 5.97 Å². The quantitative estimate of drug-likeness (QED) is 0.615. The van der Waals surface area contributed by atoms with Crippen LogP contribution in [0.1, 0.15) is 45.4 Å². The Labute approximate surface area is 147 Å². The van der Waals surface area contributed by atoms with E-state index in [0.29, 0.717) is 19.1 Å². The summed E-state index contributed by atoms with van der Waals surface area (Å²) in [5.74, 6) is -0.851. The average molecular weight is 352 g/mol. The number of likely N-dealkylation sites (tertiary alicyclic amines) is 1. The molecule has 0 bridgehead atoms. The molecule has 25 heavy (non-hydrogen) atoms. The van der Waals surface area contributed by atoms with Crippen molar-refractivity contribution in [1.82, 2.24) is 20.4 Å². The fraction of sp³-hybridized carbons (Fsp3) is 0.824. The summed E-state index contributed by atoms with van der Waals surface area (Å²) < 4.78 is 0. The normalized spacial score (nSPS) is 28.6. The van der Waals surface area contributed by atoms with Gasteiger partial charge in [-0.05, 0) is 45.1 Å². The Bertz CT molecular complexity index is 531. The third-order valence-electron chi connectivity index (χ3n) is 5.44. The van der Waals surface area contributed by atoms with Crippen molar-refractivity contribution in [3.8, 4) is 0 Å². The molecule has 2 saturated carbocycles. The highest BCUT2D eigenvalue weighted by Crippen LogP contribution is 2.27. The van der Waals surface area contributed by atoms with E-state index in [-0.39, 0.29) is 36.6 Å². The van der Waals surface area contributed by atoms with Crippen LogP contribution >= 0.6 is 0 Å². The number of nitrogens with zero attached hydrogens (tertiary/aromatic N) is 2. The number of hydrogen-bond donors (Lipinski definition) is 3. The molecule has 1 heterocycles. The highest BCUT2D eigenvalue weighted by molar-refractivity contribution is 5.88. The van der Waals surface area contributed by atoms with E-state index in [4.69, 9.17) is 5.11 Å². The monoisotopic (exact) mass is 352 g/mol. The van der Waals surface area contributed by atoms with Crippen LogP contribution in [0.25, 0.3) is 0 Å². The van der Waals surface area contributed by atoms with Crippen LogP contribution in [0.15, 0.2) is 0 Å². The van der Waals surface area contributed by atoms with E-state index in [0.717, 1.165) is 38.5 Å². The number of carbonyl (C=O) groups excluding carboxylic acids is 2. The van der Waals surface area contributed by atoms with Gasteiger partial charge in [0.05, 0.1) is 6.54 Å².